The second kappa shape index (κ2) is 2.12. The number of oxime groups is 1. The van der Waals surface area contributed by atoms with E-state index in [1.54, 1.807) is 12.3 Å². The van der Waals surface area contributed by atoms with Crippen molar-refractivity contribution in [3.8, 4) is 0 Å². The summed E-state index contributed by atoms with van der Waals surface area (Å²) in [6.07, 6.45) is 7.87. The first kappa shape index (κ1) is 6.46. The van der Waals surface area contributed by atoms with E-state index in [9.17, 15) is 5.11 Å². The van der Waals surface area contributed by atoms with Crippen molar-refractivity contribution in [3.63, 3.8) is 0 Å². The third-order valence-corrected chi connectivity index (χ3v) is 1.94. The first-order valence-electron chi connectivity index (χ1n) is 3.55. The molecule has 0 amide bonds. The second-order valence-electron chi connectivity index (χ2n) is 2.94. The number of rotatable bonds is 0. The lowest BCUT2D eigenvalue weighted by atomic mass is 9.83. The Morgan fingerprint density at radius 2 is 2.55 bits per heavy atom. The molecule has 1 aliphatic heterocycles. The van der Waals surface area contributed by atoms with Gasteiger partial charge in [0.05, 0.1) is 17.4 Å². The summed E-state index contributed by atoms with van der Waals surface area (Å²) in [4.78, 5) is 4.87. The van der Waals surface area contributed by atoms with Gasteiger partial charge in [0.15, 0.2) is 0 Å². The molecule has 0 saturated heterocycles. The zero-order valence-electron chi connectivity index (χ0n) is 6.03. The molecule has 3 heteroatoms. The molecule has 0 aromatic heterocycles. The van der Waals surface area contributed by atoms with Crippen molar-refractivity contribution in [2.24, 2.45) is 10.6 Å². The molecule has 2 aliphatic rings. The third kappa shape index (κ3) is 1.02. The summed E-state index contributed by atoms with van der Waals surface area (Å²) in [6.45, 7) is 0.543. The van der Waals surface area contributed by atoms with Crippen molar-refractivity contribution in [3.05, 3.63) is 24.0 Å². The molecule has 1 heterocycles. The van der Waals surface area contributed by atoms with Gasteiger partial charge in [0.2, 0.25) is 0 Å². The van der Waals surface area contributed by atoms with Crippen LogP contribution >= 0.6 is 0 Å². The molecule has 1 aliphatic carbocycles. The van der Waals surface area contributed by atoms with Gasteiger partial charge < -0.3 is 9.94 Å². The fourth-order valence-electron chi connectivity index (χ4n) is 1.33. The van der Waals surface area contributed by atoms with Gasteiger partial charge in [-0.05, 0) is 6.08 Å². The predicted octanol–water partition coefficient (Wildman–Crippen LogP) is 1.39. The Hall–Kier alpha value is -1.25. The van der Waals surface area contributed by atoms with Crippen molar-refractivity contribution in [2.45, 2.75) is 6.42 Å². The number of aliphatic hydroxyl groups is 1. The van der Waals surface area contributed by atoms with E-state index in [4.69, 9.17) is 4.84 Å². The standard InChI is InChI=1S/C8H9NO2/c10-7-2-1-3-8(4-7)5-9-11-6-8/h1-3,5,10H,4,6H2. The highest BCUT2D eigenvalue weighted by molar-refractivity contribution is 5.70. The molecule has 1 spiro atoms. The average Bonchev–Trinajstić information content (AvgIpc) is 2.37. The lowest BCUT2D eigenvalue weighted by molar-refractivity contribution is 0.130. The maximum Gasteiger partial charge on any atom is 0.131 e. The molecule has 1 atom stereocenters. The Kier molecular flexibility index (Phi) is 1.24. The topological polar surface area (TPSA) is 41.8 Å². The van der Waals surface area contributed by atoms with Crippen LogP contribution in [0.1, 0.15) is 6.42 Å². The lowest BCUT2D eigenvalue weighted by Crippen LogP contribution is -2.23. The minimum absolute atomic E-state index is 0.168. The quantitative estimate of drug-likeness (QED) is 0.568. The summed E-state index contributed by atoms with van der Waals surface area (Å²) in [5.41, 5.74) is -0.168. The van der Waals surface area contributed by atoms with Crippen LogP contribution < -0.4 is 0 Å². The predicted molar refractivity (Wildman–Crippen MR) is 41.3 cm³/mol. The number of nitrogens with zero attached hydrogens (tertiary/aromatic N) is 1. The van der Waals surface area contributed by atoms with E-state index in [0.717, 1.165) is 0 Å². The molecule has 2 rings (SSSR count). The van der Waals surface area contributed by atoms with E-state index in [-0.39, 0.29) is 5.41 Å². The first-order chi connectivity index (χ1) is 5.31. The molecular weight excluding hydrogens is 142 g/mol. The highest BCUT2D eigenvalue weighted by Crippen LogP contribution is 2.32. The maximum absolute atomic E-state index is 9.23. The van der Waals surface area contributed by atoms with E-state index < -0.39 is 0 Å². The van der Waals surface area contributed by atoms with Crippen LogP contribution in [0.3, 0.4) is 0 Å². The summed E-state index contributed by atoms with van der Waals surface area (Å²) < 4.78 is 0. The molecule has 0 fully saturated rings. The van der Waals surface area contributed by atoms with Gasteiger partial charge in [-0.25, -0.2) is 0 Å². The van der Waals surface area contributed by atoms with Crippen molar-refractivity contribution >= 4 is 6.21 Å². The fourth-order valence-corrected chi connectivity index (χ4v) is 1.33. The van der Waals surface area contributed by atoms with E-state index in [1.165, 1.54) is 0 Å². The number of aliphatic hydroxyl groups excluding tert-OH is 1. The van der Waals surface area contributed by atoms with Gasteiger partial charge in [-0.15, -0.1) is 0 Å². The number of allylic oxidation sites excluding steroid dienone is 3. The van der Waals surface area contributed by atoms with Crippen LogP contribution in [0, 0.1) is 5.41 Å². The Bertz CT molecular complexity index is 255. The Morgan fingerprint density at radius 1 is 1.64 bits per heavy atom. The third-order valence-electron chi connectivity index (χ3n) is 1.94. The molecule has 1 unspecified atom stereocenters. The molecule has 3 nitrogen and oxygen atoms in total. The zero-order chi connectivity index (χ0) is 7.73. The van der Waals surface area contributed by atoms with Crippen molar-refractivity contribution < 1.29 is 9.94 Å². The zero-order valence-corrected chi connectivity index (χ0v) is 6.03. The Morgan fingerprint density at radius 3 is 3.18 bits per heavy atom. The highest BCUT2D eigenvalue weighted by Gasteiger charge is 2.32. The van der Waals surface area contributed by atoms with E-state index in [0.29, 0.717) is 18.8 Å². The second-order valence-corrected chi connectivity index (χ2v) is 2.94. The van der Waals surface area contributed by atoms with Crippen molar-refractivity contribution in [1.82, 2.24) is 0 Å². The summed E-state index contributed by atoms with van der Waals surface area (Å²) >= 11 is 0. The van der Waals surface area contributed by atoms with Gasteiger partial charge in [-0.2, -0.15) is 0 Å². The smallest absolute Gasteiger partial charge is 0.131 e. The average molecular weight is 151 g/mol. The maximum atomic E-state index is 9.23. The van der Waals surface area contributed by atoms with E-state index >= 15 is 0 Å². The monoisotopic (exact) mass is 151 g/mol. The van der Waals surface area contributed by atoms with Crippen molar-refractivity contribution in [1.29, 1.82) is 0 Å². The molecule has 0 aromatic rings. The number of hydrogen-bond donors (Lipinski definition) is 1. The van der Waals surface area contributed by atoms with Gasteiger partial charge in [-0.3, -0.25) is 0 Å². The fraction of sp³-hybridized carbons (Fsp3) is 0.375. The summed E-state index contributed by atoms with van der Waals surface area (Å²) in [5, 5.41) is 12.9. The first-order valence-corrected chi connectivity index (χ1v) is 3.55. The van der Waals surface area contributed by atoms with Crippen LogP contribution in [0.5, 0.6) is 0 Å². The molecule has 0 aromatic carbocycles. The van der Waals surface area contributed by atoms with Crippen LogP contribution in [0.15, 0.2) is 29.1 Å². The molecule has 58 valence electrons. The van der Waals surface area contributed by atoms with Gasteiger partial charge in [-0.1, -0.05) is 17.3 Å². The Labute approximate surface area is 64.7 Å². The van der Waals surface area contributed by atoms with E-state index in [2.05, 4.69) is 5.16 Å². The Balaban J connectivity index is 2.24. The molecular formula is C8H9NO2. The molecule has 11 heavy (non-hydrogen) atoms. The van der Waals surface area contributed by atoms with Gasteiger partial charge in [0, 0.05) is 6.42 Å². The molecule has 0 saturated carbocycles. The minimum atomic E-state index is -0.168. The molecule has 0 bridgehead atoms. The van der Waals surface area contributed by atoms with Crippen LogP contribution in [0.4, 0.5) is 0 Å². The number of hydrogen-bond acceptors (Lipinski definition) is 3. The normalized spacial score (nSPS) is 34.0. The minimum Gasteiger partial charge on any atom is -0.512 e. The lowest BCUT2D eigenvalue weighted by Gasteiger charge is -2.21. The highest BCUT2D eigenvalue weighted by atomic mass is 16.6. The van der Waals surface area contributed by atoms with Crippen LogP contribution in [-0.2, 0) is 4.84 Å². The summed E-state index contributed by atoms with van der Waals surface area (Å²) in [5.74, 6) is 0.393. The molecule has 1 N–H and O–H groups in total. The van der Waals surface area contributed by atoms with Crippen LogP contribution in [0.2, 0.25) is 0 Å². The van der Waals surface area contributed by atoms with E-state index in [1.807, 2.05) is 12.2 Å². The van der Waals surface area contributed by atoms with Gasteiger partial charge in [0.1, 0.15) is 6.61 Å². The molecule has 0 radical (unpaired) electrons. The van der Waals surface area contributed by atoms with Crippen LogP contribution in [-0.4, -0.2) is 17.9 Å². The summed E-state index contributed by atoms with van der Waals surface area (Å²) in [7, 11) is 0. The van der Waals surface area contributed by atoms with Gasteiger partial charge >= 0.3 is 0 Å². The van der Waals surface area contributed by atoms with Gasteiger partial charge in [0.25, 0.3) is 0 Å². The summed E-state index contributed by atoms with van der Waals surface area (Å²) in [6, 6.07) is 0. The van der Waals surface area contributed by atoms with Crippen LogP contribution in [0.25, 0.3) is 0 Å². The SMILES string of the molecule is OC1=CC=CC2(C=NOC2)C1. The largest absolute Gasteiger partial charge is 0.512 e. The van der Waals surface area contributed by atoms with Crippen molar-refractivity contribution in [2.75, 3.05) is 6.61 Å².